The van der Waals surface area contributed by atoms with Crippen LogP contribution < -0.4 is 25.6 Å². The molecule has 28 heavy (non-hydrogen) atoms. The van der Waals surface area contributed by atoms with Gasteiger partial charge in [0.15, 0.2) is 11.5 Å². The van der Waals surface area contributed by atoms with Gasteiger partial charge in [0.25, 0.3) is 0 Å². The number of fused-ring (bicyclic) bond motifs is 1. The fraction of sp³-hybridized carbons (Fsp3) is 0.263. The van der Waals surface area contributed by atoms with E-state index in [-0.39, 0.29) is 40.9 Å². The second-order valence-corrected chi connectivity index (χ2v) is 5.86. The lowest BCUT2D eigenvalue weighted by Crippen LogP contribution is -2.26. The Bertz CT molecular complexity index is 1040. The van der Waals surface area contributed by atoms with Crippen LogP contribution in [0.3, 0.4) is 0 Å². The van der Waals surface area contributed by atoms with Crippen molar-refractivity contribution in [3.63, 3.8) is 0 Å². The minimum atomic E-state index is -3.03. The molecule has 1 atom stereocenters. The zero-order valence-electron chi connectivity index (χ0n) is 15.0. The van der Waals surface area contributed by atoms with Crippen LogP contribution in [0.15, 0.2) is 44.9 Å². The lowest BCUT2D eigenvalue weighted by atomic mass is 9.84. The lowest BCUT2D eigenvalue weighted by Gasteiger charge is -2.25. The molecule has 1 aromatic carbocycles. The second-order valence-electron chi connectivity index (χ2n) is 5.86. The van der Waals surface area contributed by atoms with Gasteiger partial charge >= 0.3 is 12.2 Å². The van der Waals surface area contributed by atoms with Crippen molar-refractivity contribution in [1.29, 1.82) is 5.26 Å². The van der Waals surface area contributed by atoms with Gasteiger partial charge in [0.1, 0.15) is 23.2 Å². The molecule has 0 amide bonds. The number of allylic oxidation sites excluding steroid dienone is 1. The van der Waals surface area contributed by atoms with Crippen molar-refractivity contribution in [2.24, 2.45) is 5.73 Å². The SMILES string of the molecule is CCOc1cc(C2C(C#N)=C(N)Oc3cc(C)oc(=O)c32)ccc1OC(F)F. The molecule has 0 bridgehead atoms. The summed E-state index contributed by atoms with van der Waals surface area (Å²) in [6, 6.07) is 7.58. The van der Waals surface area contributed by atoms with Crippen LogP contribution in [-0.4, -0.2) is 13.2 Å². The van der Waals surface area contributed by atoms with Crippen molar-refractivity contribution in [1.82, 2.24) is 0 Å². The van der Waals surface area contributed by atoms with Gasteiger partial charge in [-0.05, 0) is 31.5 Å². The molecule has 0 saturated carbocycles. The predicted octanol–water partition coefficient (Wildman–Crippen LogP) is 3.17. The highest BCUT2D eigenvalue weighted by molar-refractivity contribution is 5.57. The average Bonchev–Trinajstić information content (AvgIpc) is 2.61. The summed E-state index contributed by atoms with van der Waals surface area (Å²) in [5, 5.41) is 9.55. The number of hydrogen-bond donors (Lipinski definition) is 1. The first kappa shape index (κ1) is 19.2. The third-order valence-electron chi connectivity index (χ3n) is 4.07. The molecular weight excluding hydrogens is 374 g/mol. The fourth-order valence-electron chi connectivity index (χ4n) is 3.02. The number of aryl methyl sites for hydroxylation is 1. The number of nitrogens with two attached hydrogens (primary N) is 1. The molecule has 0 saturated heterocycles. The molecule has 1 aliphatic rings. The highest BCUT2D eigenvalue weighted by atomic mass is 19.3. The largest absolute Gasteiger partial charge is 0.490 e. The van der Waals surface area contributed by atoms with E-state index < -0.39 is 18.2 Å². The van der Waals surface area contributed by atoms with Crippen LogP contribution in [0, 0.1) is 18.3 Å². The first-order valence-electron chi connectivity index (χ1n) is 8.29. The Kier molecular flexibility index (Phi) is 5.22. The first-order chi connectivity index (χ1) is 13.3. The molecule has 2 heterocycles. The maximum absolute atomic E-state index is 12.6. The Morgan fingerprint density at radius 3 is 2.71 bits per heavy atom. The minimum absolute atomic E-state index is 0.00590. The van der Waals surface area contributed by atoms with E-state index in [9.17, 15) is 18.8 Å². The summed E-state index contributed by atoms with van der Waals surface area (Å²) in [7, 11) is 0. The van der Waals surface area contributed by atoms with Gasteiger partial charge in [-0.1, -0.05) is 6.07 Å². The topological polar surface area (TPSA) is 108 Å². The van der Waals surface area contributed by atoms with E-state index in [0.29, 0.717) is 11.3 Å². The molecule has 9 heteroatoms. The van der Waals surface area contributed by atoms with E-state index in [2.05, 4.69) is 4.74 Å². The normalized spacial score (nSPS) is 15.6. The van der Waals surface area contributed by atoms with E-state index in [4.69, 9.17) is 19.6 Å². The molecule has 0 aliphatic carbocycles. The first-order valence-corrected chi connectivity index (χ1v) is 8.29. The zero-order valence-corrected chi connectivity index (χ0v) is 15.0. The molecule has 1 unspecified atom stereocenters. The quantitative estimate of drug-likeness (QED) is 0.835. The highest BCUT2D eigenvalue weighted by Crippen LogP contribution is 2.42. The second kappa shape index (κ2) is 7.60. The molecule has 0 radical (unpaired) electrons. The van der Waals surface area contributed by atoms with Crippen LogP contribution in [0.5, 0.6) is 17.2 Å². The fourth-order valence-corrected chi connectivity index (χ4v) is 3.02. The maximum atomic E-state index is 12.6. The molecule has 3 rings (SSSR count). The van der Waals surface area contributed by atoms with Gasteiger partial charge in [0, 0.05) is 6.07 Å². The Morgan fingerprint density at radius 1 is 1.32 bits per heavy atom. The Hall–Kier alpha value is -3.54. The van der Waals surface area contributed by atoms with Crippen LogP contribution in [0.25, 0.3) is 0 Å². The number of hydrogen-bond acceptors (Lipinski definition) is 7. The van der Waals surface area contributed by atoms with Crippen LogP contribution in [0.4, 0.5) is 8.78 Å². The molecule has 146 valence electrons. The summed E-state index contributed by atoms with van der Waals surface area (Å²) >= 11 is 0. The number of rotatable bonds is 5. The third-order valence-corrected chi connectivity index (χ3v) is 4.07. The number of alkyl halides is 2. The van der Waals surface area contributed by atoms with Gasteiger partial charge in [0.05, 0.1) is 18.1 Å². The maximum Gasteiger partial charge on any atom is 0.387 e. The summed E-state index contributed by atoms with van der Waals surface area (Å²) in [5.74, 6) is -0.714. The molecule has 2 N–H and O–H groups in total. The van der Waals surface area contributed by atoms with Crippen molar-refractivity contribution in [2.45, 2.75) is 26.4 Å². The lowest BCUT2D eigenvalue weighted by molar-refractivity contribution is -0.0514. The molecule has 0 spiro atoms. The molecular formula is C19H16F2N2O5. The molecule has 1 aromatic heterocycles. The number of nitriles is 1. The Balaban J connectivity index is 2.21. The minimum Gasteiger partial charge on any atom is -0.490 e. The van der Waals surface area contributed by atoms with Crippen molar-refractivity contribution in [3.8, 4) is 23.3 Å². The van der Waals surface area contributed by atoms with Gasteiger partial charge in [-0.3, -0.25) is 0 Å². The molecule has 2 aromatic rings. The van der Waals surface area contributed by atoms with Crippen molar-refractivity contribution in [2.75, 3.05) is 6.61 Å². The van der Waals surface area contributed by atoms with Crippen molar-refractivity contribution in [3.05, 3.63) is 63.0 Å². The summed E-state index contributed by atoms with van der Waals surface area (Å²) in [6.07, 6.45) is 0. The summed E-state index contributed by atoms with van der Waals surface area (Å²) < 4.78 is 45.7. The van der Waals surface area contributed by atoms with Crippen LogP contribution in [0.2, 0.25) is 0 Å². The third kappa shape index (κ3) is 3.49. The molecule has 0 fully saturated rings. The smallest absolute Gasteiger partial charge is 0.387 e. The number of ether oxygens (including phenoxy) is 3. The predicted molar refractivity (Wildman–Crippen MR) is 93.3 cm³/mol. The zero-order chi connectivity index (χ0) is 20.4. The van der Waals surface area contributed by atoms with Gasteiger partial charge < -0.3 is 24.4 Å². The van der Waals surface area contributed by atoms with Gasteiger partial charge in [0.2, 0.25) is 5.88 Å². The van der Waals surface area contributed by atoms with E-state index in [1.54, 1.807) is 13.8 Å². The number of halogens is 2. The van der Waals surface area contributed by atoms with E-state index in [1.807, 2.05) is 6.07 Å². The van der Waals surface area contributed by atoms with Crippen LogP contribution in [-0.2, 0) is 0 Å². The molecule has 1 aliphatic heterocycles. The van der Waals surface area contributed by atoms with Gasteiger partial charge in [-0.25, -0.2) is 4.79 Å². The summed E-state index contributed by atoms with van der Waals surface area (Å²) in [4.78, 5) is 12.5. The monoisotopic (exact) mass is 390 g/mol. The van der Waals surface area contributed by atoms with Crippen molar-refractivity contribution >= 4 is 0 Å². The number of nitrogens with zero attached hydrogens (tertiary/aromatic N) is 1. The highest BCUT2D eigenvalue weighted by Gasteiger charge is 2.34. The van der Waals surface area contributed by atoms with Crippen molar-refractivity contribution < 1.29 is 27.4 Å². The van der Waals surface area contributed by atoms with Gasteiger partial charge in [-0.2, -0.15) is 14.0 Å². The van der Waals surface area contributed by atoms with Gasteiger partial charge in [-0.15, -0.1) is 0 Å². The average molecular weight is 390 g/mol. The van der Waals surface area contributed by atoms with E-state index >= 15 is 0 Å². The van der Waals surface area contributed by atoms with E-state index in [0.717, 1.165) is 0 Å². The van der Waals surface area contributed by atoms with Crippen LogP contribution in [0.1, 0.15) is 29.7 Å². The Labute approximate surface area is 158 Å². The number of benzene rings is 1. The van der Waals surface area contributed by atoms with E-state index in [1.165, 1.54) is 24.3 Å². The summed E-state index contributed by atoms with van der Waals surface area (Å²) in [6.45, 7) is 0.411. The molecule has 7 nitrogen and oxygen atoms in total. The standard InChI is InChI=1S/C19H16F2N2O5/c1-3-25-13-7-10(4-5-12(13)28-19(20)21)15-11(8-22)17(23)27-14-6-9(2)26-18(24)16(14)15/h4-7,15,19H,3,23H2,1-2H3. The Morgan fingerprint density at radius 2 is 2.07 bits per heavy atom. The van der Waals surface area contributed by atoms with Crippen LogP contribution >= 0.6 is 0 Å². The summed E-state index contributed by atoms with van der Waals surface area (Å²) in [5.41, 5.74) is 5.67.